The molecular formula is C13H10ClF3N4O4S. The number of nitrogens with two attached hydrogens (primary N) is 1. The lowest BCUT2D eigenvalue weighted by atomic mass is 10.1. The Labute approximate surface area is 153 Å². The molecule has 2 rings (SSSR count). The number of nitro benzene ring substituents is 2. The van der Waals surface area contributed by atoms with Crippen LogP contribution in [0.1, 0.15) is 5.56 Å². The standard InChI is InChI=1S/C13H10ClF3N4O4S/c1-26-11-5-7(18)4-10(14)19(11)12-8(20(22)23)2-6(13(15,16)17)3-9(12)21(24)25/h2-5,11H,18H2,1H3. The minimum atomic E-state index is -5.00. The van der Waals surface area contributed by atoms with Gasteiger partial charge in [0, 0.05) is 17.8 Å². The molecule has 0 saturated heterocycles. The van der Waals surface area contributed by atoms with Crippen LogP contribution in [0.3, 0.4) is 0 Å². The molecule has 1 aliphatic heterocycles. The second-order valence-electron chi connectivity index (χ2n) is 5.01. The summed E-state index contributed by atoms with van der Waals surface area (Å²) in [7, 11) is 0. The van der Waals surface area contributed by atoms with Gasteiger partial charge in [-0.05, 0) is 18.4 Å². The average Bonchev–Trinajstić information content (AvgIpc) is 2.51. The molecule has 1 aliphatic rings. The second-order valence-corrected chi connectivity index (χ2v) is 6.35. The highest BCUT2D eigenvalue weighted by atomic mass is 35.5. The second kappa shape index (κ2) is 7.03. The fourth-order valence-corrected chi connectivity index (χ4v) is 3.41. The molecule has 0 saturated carbocycles. The molecule has 140 valence electrons. The topological polar surface area (TPSA) is 116 Å². The third-order valence-corrected chi connectivity index (χ3v) is 4.50. The van der Waals surface area contributed by atoms with Crippen LogP contribution in [0.15, 0.2) is 35.1 Å². The quantitative estimate of drug-likeness (QED) is 0.453. The number of alkyl halides is 3. The van der Waals surface area contributed by atoms with E-state index in [9.17, 15) is 33.4 Å². The molecule has 0 amide bonds. The highest BCUT2D eigenvalue weighted by Crippen LogP contribution is 2.47. The monoisotopic (exact) mass is 410 g/mol. The van der Waals surface area contributed by atoms with Crippen LogP contribution in [0.5, 0.6) is 0 Å². The van der Waals surface area contributed by atoms with Crippen LogP contribution in [-0.4, -0.2) is 21.5 Å². The molecule has 0 bridgehead atoms. The normalized spacial score (nSPS) is 17.6. The molecule has 1 aromatic carbocycles. The molecule has 0 radical (unpaired) electrons. The highest BCUT2D eigenvalue weighted by Gasteiger charge is 2.41. The Morgan fingerprint density at radius 2 is 1.73 bits per heavy atom. The van der Waals surface area contributed by atoms with E-state index in [2.05, 4.69) is 0 Å². The van der Waals surface area contributed by atoms with E-state index >= 15 is 0 Å². The largest absolute Gasteiger partial charge is 0.416 e. The zero-order chi connectivity index (χ0) is 19.8. The molecule has 26 heavy (non-hydrogen) atoms. The zero-order valence-corrected chi connectivity index (χ0v) is 14.4. The lowest BCUT2D eigenvalue weighted by molar-refractivity contribution is -0.393. The Bertz CT molecular complexity index is 808. The molecule has 8 nitrogen and oxygen atoms in total. The number of hydrogen-bond donors (Lipinski definition) is 1. The van der Waals surface area contributed by atoms with Crippen molar-refractivity contribution < 1.29 is 23.0 Å². The Morgan fingerprint density at radius 3 is 2.12 bits per heavy atom. The number of thioether (sulfide) groups is 1. The van der Waals surface area contributed by atoms with Crippen molar-refractivity contribution >= 4 is 40.4 Å². The van der Waals surface area contributed by atoms with Crippen LogP contribution in [0.4, 0.5) is 30.2 Å². The third kappa shape index (κ3) is 3.70. The van der Waals surface area contributed by atoms with Gasteiger partial charge in [-0.2, -0.15) is 13.2 Å². The maximum absolute atomic E-state index is 13.0. The summed E-state index contributed by atoms with van der Waals surface area (Å²) in [5, 5.41) is 21.7. The van der Waals surface area contributed by atoms with Crippen LogP contribution in [0.2, 0.25) is 0 Å². The molecular weight excluding hydrogens is 401 g/mol. The van der Waals surface area contributed by atoms with Crippen LogP contribution in [0.25, 0.3) is 0 Å². The van der Waals surface area contributed by atoms with Crippen molar-refractivity contribution in [1.82, 2.24) is 0 Å². The van der Waals surface area contributed by atoms with Crippen molar-refractivity contribution in [2.75, 3.05) is 11.2 Å². The van der Waals surface area contributed by atoms with E-state index in [0.717, 1.165) is 16.7 Å². The number of halogens is 4. The first-order valence-corrected chi connectivity index (χ1v) is 8.34. The molecule has 1 aromatic rings. The van der Waals surface area contributed by atoms with Crippen molar-refractivity contribution in [3.8, 4) is 0 Å². The Morgan fingerprint density at radius 1 is 1.23 bits per heavy atom. The van der Waals surface area contributed by atoms with E-state index in [1.807, 2.05) is 0 Å². The SMILES string of the molecule is CSC1C=C(N)C=C(Cl)N1c1c([N+](=O)[O-])cc(C(F)(F)F)cc1[N+](=O)[O-]. The van der Waals surface area contributed by atoms with Gasteiger partial charge in [-0.15, -0.1) is 11.8 Å². The molecule has 13 heteroatoms. The molecule has 0 aromatic heterocycles. The van der Waals surface area contributed by atoms with Gasteiger partial charge in [-0.3, -0.25) is 20.2 Å². The molecule has 1 atom stereocenters. The Hall–Kier alpha value is -2.47. The number of nitro groups is 2. The average molecular weight is 411 g/mol. The van der Waals surface area contributed by atoms with E-state index in [-0.39, 0.29) is 23.0 Å². The number of rotatable bonds is 4. The van der Waals surface area contributed by atoms with Gasteiger partial charge < -0.3 is 10.6 Å². The summed E-state index contributed by atoms with van der Waals surface area (Å²) in [6.07, 6.45) is -0.807. The summed E-state index contributed by atoms with van der Waals surface area (Å²) in [4.78, 5) is 21.5. The van der Waals surface area contributed by atoms with Crippen molar-refractivity contribution in [3.63, 3.8) is 0 Å². The first kappa shape index (κ1) is 19.8. The van der Waals surface area contributed by atoms with Crippen LogP contribution in [0, 0.1) is 20.2 Å². The first-order valence-electron chi connectivity index (χ1n) is 6.68. The summed E-state index contributed by atoms with van der Waals surface area (Å²) < 4.78 is 39.0. The summed E-state index contributed by atoms with van der Waals surface area (Å²) in [5.41, 5.74) is 1.52. The van der Waals surface area contributed by atoms with Gasteiger partial charge in [0.1, 0.15) is 10.5 Å². The van der Waals surface area contributed by atoms with Crippen LogP contribution in [-0.2, 0) is 6.18 Å². The molecule has 2 N–H and O–H groups in total. The number of nitrogens with zero attached hydrogens (tertiary/aromatic N) is 3. The number of benzene rings is 1. The predicted molar refractivity (Wildman–Crippen MR) is 90.7 cm³/mol. The minimum Gasteiger partial charge on any atom is -0.399 e. The zero-order valence-electron chi connectivity index (χ0n) is 12.9. The fourth-order valence-electron chi connectivity index (χ4n) is 2.32. The molecule has 1 unspecified atom stereocenters. The van der Waals surface area contributed by atoms with Crippen molar-refractivity contribution in [3.05, 3.63) is 60.9 Å². The Kier molecular flexibility index (Phi) is 5.37. The van der Waals surface area contributed by atoms with Gasteiger partial charge >= 0.3 is 17.6 Å². The Balaban J connectivity index is 2.84. The van der Waals surface area contributed by atoms with Gasteiger partial charge in [-0.25, -0.2) is 0 Å². The van der Waals surface area contributed by atoms with E-state index in [1.165, 1.54) is 12.2 Å². The predicted octanol–water partition coefficient (Wildman–Crippen LogP) is 3.95. The summed E-state index contributed by atoms with van der Waals surface area (Å²) in [6, 6.07) is 0.483. The van der Waals surface area contributed by atoms with Crippen LogP contribution < -0.4 is 10.6 Å². The van der Waals surface area contributed by atoms with E-state index in [4.69, 9.17) is 17.3 Å². The highest BCUT2D eigenvalue weighted by molar-refractivity contribution is 7.99. The van der Waals surface area contributed by atoms with E-state index in [0.29, 0.717) is 0 Å². The molecule has 0 spiro atoms. The number of anilines is 1. The summed E-state index contributed by atoms with van der Waals surface area (Å²) in [5.74, 6) is 0. The summed E-state index contributed by atoms with van der Waals surface area (Å²) in [6.45, 7) is 0. The third-order valence-electron chi connectivity index (χ3n) is 3.38. The van der Waals surface area contributed by atoms with Gasteiger partial charge in [0.05, 0.1) is 15.4 Å². The molecule has 1 heterocycles. The van der Waals surface area contributed by atoms with Crippen molar-refractivity contribution in [2.24, 2.45) is 5.73 Å². The first-order chi connectivity index (χ1) is 12.0. The number of hydrogen-bond acceptors (Lipinski definition) is 7. The lowest BCUT2D eigenvalue weighted by Crippen LogP contribution is -2.33. The van der Waals surface area contributed by atoms with Gasteiger partial charge in [0.15, 0.2) is 0 Å². The lowest BCUT2D eigenvalue weighted by Gasteiger charge is -2.32. The minimum absolute atomic E-state index is 0.199. The smallest absolute Gasteiger partial charge is 0.399 e. The van der Waals surface area contributed by atoms with Crippen LogP contribution >= 0.6 is 23.4 Å². The van der Waals surface area contributed by atoms with Gasteiger partial charge in [0.2, 0.25) is 5.69 Å². The number of allylic oxidation sites excluding steroid dienone is 1. The maximum atomic E-state index is 13.0. The molecule has 0 aliphatic carbocycles. The van der Waals surface area contributed by atoms with Gasteiger partial charge in [0.25, 0.3) is 0 Å². The van der Waals surface area contributed by atoms with Gasteiger partial charge in [-0.1, -0.05) is 11.6 Å². The van der Waals surface area contributed by atoms with Crippen molar-refractivity contribution in [1.29, 1.82) is 0 Å². The van der Waals surface area contributed by atoms with Crippen molar-refractivity contribution in [2.45, 2.75) is 11.6 Å². The maximum Gasteiger partial charge on any atom is 0.416 e. The van der Waals surface area contributed by atoms with E-state index in [1.54, 1.807) is 6.26 Å². The molecule has 0 fully saturated rings. The van der Waals surface area contributed by atoms with E-state index < -0.39 is 44.0 Å². The fraction of sp³-hybridized carbons (Fsp3) is 0.231. The summed E-state index contributed by atoms with van der Waals surface area (Å²) >= 11 is 7.14.